The molecule has 146 valence electrons. The summed E-state index contributed by atoms with van der Waals surface area (Å²) in [7, 11) is 1.23. The molecule has 1 aromatic heterocycles. The fraction of sp³-hybridized carbons (Fsp3) is 0.471. The summed E-state index contributed by atoms with van der Waals surface area (Å²) >= 11 is 1.18. The standard InChI is InChI=1S/C17H21N3O6S/c1-8(2)6-19-14(22)15(23)20(17(19)25)7-11(21)18-13-12(16(24)26-5)9(3)10(4)27-13/h8H,6-7H2,1-5H3,(H,18,21). The van der Waals surface area contributed by atoms with Gasteiger partial charge < -0.3 is 10.1 Å². The van der Waals surface area contributed by atoms with E-state index in [-0.39, 0.29) is 23.0 Å². The van der Waals surface area contributed by atoms with Crippen LogP contribution in [0, 0.1) is 19.8 Å². The van der Waals surface area contributed by atoms with Crippen LogP contribution in [0.3, 0.4) is 0 Å². The van der Waals surface area contributed by atoms with E-state index in [1.54, 1.807) is 27.7 Å². The van der Waals surface area contributed by atoms with Crippen molar-refractivity contribution in [2.24, 2.45) is 5.92 Å². The lowest BCUT2D eigenvalue weighted by Crippen LogP contribution is -2.39. The van der Waals surface area contributed by atoms with Crippen LogP contribution in [0.4, 0.5) is 9.80 Å². The van der Waals surface area contributed by atoms with E-state index in [4.69, 9.17) is 4.74 Å². The summed E-state index contributed by atoms with van der Waals surface area (Å²) in [5, 5.41) is 2.80. The van der Waals surface area contributed by atoms with Gasteiger partial charge in [0.15, 0.2) is 0 Å². The molecule has 0 atom stereocenters. The smallest absolute Gasteiger partial charge is 0.341 e. The van der Waals surface area contributed by atoms with E-state index in [0.29, 0.717) is 10.5 Å². The number of thiophene rings is 1. The van der Waals surface area contributed by atoms with Crippen LogP contribution < -0.4 is 5.32 Å². The highest BCUT2D eigenvalue weighted by molar-refractivity contribution is 7.16. The summed E-state index contributed by atoms with van der Waals surface area (Å²) in [6.07, 6.45) is 0. The molecule has 2 rings (SSSR count). The first-order valence-corrected chi connectivity index (χ1v) is 9.05. The summed E-state index contributed by atoms with van der Waals surface area (Å²) < 4.78 is 4.73. The number of aryl methyl sites for hydroxylation is 1. The maximum absolute atomic E-state index is 12.3. The zero-order valence-corrected chi connectivity index (χ0v) is 16.6. The molecule has 1 aliphatic rings. The van der Waals surface area contributed by atoms with E-state index >= 15 is 0 Å². The Bertz CT molecular complexity index is 829. The minimum absolute atomic E-state index is 0.0147. The Morgan fingerprint density at radius 1 is 1.11 bits per heavy atom. The lowest BCUT2D eigenvalue weighted by atomic mass is 10.1. The third-order valence-corrected chi connectivity index (χ3v) is 5.13. The summed E-state index contributed by atoms with van der Waals surface area (Å²) in [6, 6.07) is -0.819. The van der Waals surface area contributed by atoms with Gasteiger partial charge in [-0.15, -0.1) is 11.3 Å². The molecule has 0 radical (unpaired) electrons. The van der Waals surface area contributed by atoms with Gasteiger partial charge in [-0.3, -0.25) is 19.3 Å². The van der Waals surface area contributed by atoms with Crippen molar-refractivity contribution in [2.45, 2.75) is 27.7 Å². The maximum Gasteiger partial charge on any atom is 0.341 e. The van der Waals surface area contributed by atoms with Gasteiger partial charge in [0.25, 0.3) is 0 Å². The molecular formula is C17H21N3O6S. The van der Waals surface area contributed by atoms with E-state index in [2.05, 4.69) is 5.32 Å². The van der Waals surface area contributed by atoms with Gasteiger partial charge in [0.1, 0.15) is 11.5 Å². The van der Waals surface area contributed by atoms with E-state index in [9.17, 15) is 24.0 Å². The number of carbonyl (C=O) groups is 5. The zero-order valence-electron chi connectivity index (χ0n) is 15.7. The molecule has 0 unspecified atom stereocenters. The molecule has 0 aliphatic carbocycles. The van der Waals surface area contributed by atoms with Crippen LogP contribution in [0.5, 0.6) is 0 Å². The first kappa shape index (κ1) is 20.6. The molecule has 1 fully saturated rings. The van der Waals surface area contributed by atoms with Crippen LogP contribution in [-0.4, -0.2) is 59.7 Å². The maximum atomic E-state index is 12.3. The highest BCUT2D eigenvalue weighted by Gasteiger charge is 2.45. The van der Waals surface area contributed by atoms with Gasteiger partial charge in [-0.1, -0.05) is 13.8 Å². The van der Waals surface area contributed by atoms with Gasteiger partial charge in [-0.2, -0.15) is 0 Å². The van der Waals surface area contributed by atoms with E-state index in [0.717, 1.165) is 9.78 Å². The lowest BCUT2D eigenvalue weighted by Gasteiger charge is -2.16. The fourth-order valence-electron chi connectivity index (χ4n) is 2.59. The zero-order chi connectivity index (χ0) is 20.5. The molecule has 1 N–H and O–H groups in total. The molecule has 9 nitrogen and oxygen atoms in total. The van der Waals surface area contributed by atoms with Gasteiger partial charge in [0.05, 0.1) is 12.7 Å². The van der Waals surface area contributed by atoms with E-state index in [1.165, 1.54) is 18.4 Å². The number of methoxy groups -OCH3 is 1. The topological polar surface area (TPSA) is 113 Å². The van der Waals surface area contributed by atoms with Crippen molar-refractivity contribution in [2.75, 3.05) is 25.5 Å². The molecule has 2 heterocycles. The SMILES string of the molecule is COC(=O)c1c(NC(=O)CN2C(=O)C(=O)N(CC(C)C)C2=O)sc(C)c1C. The fourth-order valence-corrected chi connectivity index (χ4v) is 3.65. The lowest BCUT2D eigenvalue weighted by molar-refractivity contribution is -0.143. The number of nitrogens with one attached hydrogen (secondary N) is 1. The number of hydrogen-bond donors (Lipinski definition) is 1. The number of ether oxygens (including phenoxy) is 1. The summed E-state index contributed by atoms with van der Waals surface area (Å²) in [5.41, 5.74) is 0.902. The average Bonchev–Trinajstić information content (AvgIpc) is 2.97. The Morgan fingerprint density at radius 3 is 2.26 bits per heavy atom. The monoisotopic (exact) mass is 395 g/mol. The molecule has 0 bridgehead atoms. The van der Waals surface area contributed by atoms with Crippen molar-refractivity contribution in [3.63, 3.8) is 0 Å². The summed E-state index contributed by atoms with van der Waals surface area (Å²) in [6.45, 7) is 6.60. The number of urea groups is 1. The third-order valence-electron chi connectivity index (χ3n) is 4.01. The van der Waals surface area contributed by atoms with E-state index in [1.807, 2.05) is 0 Å². The van der Waals surface area contributed by atoms with Gasteiger partial charge >= 0.3 is 23.8 Å². The first-order chi connectivity index (χ1) is 12.6. The Hall–Kier alpha value is -2.75. The van der Waals surface area contributed by atoms with Crippen molar-refractivity contribution in [1.29, 1.82) is 0 Å². The largest absolute Gasteiger partial charge is 0.465 e. The molecule has 10 heteroatoms. The normalized spacial score (nSPS) is 14.4. The molecule has 0 spiro atoms. The van der Waals surface area contributed by atoms with E-state index < -0.39 is 36.3 Å². The van der Waals surface area contributed by atoms with Gasteiger partial charge in [0, 0.05) is 11.4 Å². The third kappa shape index (κ3) is 4.00. The van der Waals surface area contributed by atoms with Crippen LogP contribution in [0.2, 0.25) is 0 Å². The quantitative estimate of drug-likeness (QED) is 0.444. The number of anilines is 1. The van der Waals surface area contributed by atoms with Gasteiger partial charge in [-0.05, 0) is 25.3 Å². The van der Waals surface area contributed by atoms with Gasteiger partial charge in [0.2, 0.25) is 5.91 Å². The number of amides is 5. The van der Waals surface area contributed by atoms with Crippen LogP contribution in [0.15, 0.2) is 0 Å². The van der Waals surface area contributed by atoms with Crippen molar-refractivity contribution >= 4 is 46.1 Å². The molecule has 1 aromatic rings. The van der Waals surface area contributed by atoms with Crippen LogP contribution >= 0.6 is 11.3 Å². The summed E-state index contributed by atoms with van der Waals surface area (Å²) in [4.78, 5) is 62.8. The molecule has 5 amide bonds. The number of rotatable bonds is 6. The second kappa shape index (κ2) is 7.87. The number of hydrogen-bond acceptors (Lipinski definition) is 7. The number of carbonyl (C=O) groups excluding carboxylic acids is 5. The second-order valence-electron chi connectivity index (χ2n) is 6.51. The average molecular weight is 395 g/mol. The van der Waals surface area contributed by atoms with Crippen molar-refractivity contribution in [3.8, 4) is 0 Å². The van der Waals surface area contributed by atoms with Crippen LogP contribution in [0.1, 0.15) is 34.6 Å². The number of imide groups is 2. The number of esters is 1. The molecule has 1 saturated heterocycles. The highest BCUT2D eigenvalue weighted by atomic mass is 32.1. The minimum Gasteiger partial charge on any atom is -0.465 e. The molecule has 1 aliphatic heterocycles. The Labute approximate surface area is 160 Å². The van der Waals surface area contributed by atoms with Crippen molar-refractivity contribution in [1.82, 2.24) is 9.80 Å². The van der Waals surface area contributed by atoms with Crippen molar-refractivity contribution < 1.29 is 28.7 Å². The predicted octanol–water partition coefficient (Wildman–Crippen LogP) is 1.54. The van der Waals surface area contributed by atoms with Crippen molar-refractivity contribution in [3.05, 3.63) is 16.0 Å². The summed E-state index contributed by atoms with van der Waals surface area (Å²) in [5.74, 6) is -3.29. The first-order valence-electron chi connectivity index (χ1n) is 8.23. The molecule has 27 heavy (non-hydrogen) atoms. The number of nitrogens with zero attached hydrogens (tertiary/aromatic N) is 2. The molecular weight excluding hydrogens is 374 g/mol. The van der Waals surface area contributed by atoms with Gasteiger partial charge in [-0.25, -0.2) is 14.5 Å². The van der Waals surface area contributed by atoms with Crippen LogP contribution in [-0.2, 0) is 19.1 Å². The Kier molecular flexibility index (Phi) is 5.99. The second-order valence-corrected chi connectivity index (χ2v) is 7.74. The Morgan fingerprint density at radius 2 is 1.70 bits per heavy atom. The molecule has 0 aromatic carbocycles. The minimum atomic E-state index is -1.04. The molecule has 0 saturated carbocycles. The predicted molar refractivity (Wildman–Crippen MR) is 97.4 cm³/mol. The van der Waals surface area contributed by atoms with Crippen LogP contribution in [0.25, 0.3) is 0 Å². The Balaban J connectivity index is 2.16. The highest BCUT2D eigenvalue weighted by Crippen LogP contribution is 2.33.